The number of hydrogen-bond acceptors (Lipinski definition) is 6. The van der Waals surface area contributed by atoms with Crippen molar-refractivity contribution in [3.8, 4) is 0 Å². The molecule has 4 atom stereocenters. The molecular formula is C35H44FN5O. The number of anilines is 1. The van der Waals surface area contributed by atoms with Crippen LogP contribution in [0.1, 0.15) is 106 Å². The summed E-state index contributed by atoms with van der Waals surface area (Å²) < 4.78 is 14.0. The van der Waals surface area contributed by atoms with Crippen LogP contribution in [-0.2, 0) is 11.2 Å². The van der Waals surface area contributed by atoms with Gasteiger partial charge in [0.25, 0.3) is 0 Å². The zero-order valence-corrected chi connectivity index (χ0v) is 25.2. The molecule has 0 saturated heterocycles. The molecule has 0 aliphatic heterocycles. The second-order valence-electron chi connectivity index (χ2n) is 12.7. The van der Waals surface area contributed by atoms with Crippen molar-refractivity contribution in [2.45, 2.75) is 91.0 Å². The second-order valence-corrected chi connectivity index (χ2v) is 12.7. The van der Waals surface area contributed by atoms with Crippen molar-refractivity contribution in [2.24, 2.45) is 23.0 Å². The number of nitrogens with two attached hydrogens (primary N) is 2. The van der Waals surface area contributed by atoms with Crippen molar-refractivity contribution in [2.75, 3.05) is 5.73 Å². The first kappa shape index (κ1) is 30.0. The van der Waals surface area contributed by atoms with Crippen LogP contribution in [0.2, 0.25) is 0 Å². The van der Waals surface area contributed by atoms with Gasteiger partial charge in [0, 0.05) is 18.4 Å². The highest BCUT2D eigenvalue weighted by Gasteiger charge is 2.43. The lowest BCUT2D eigenvalue weighted by Gasteiger charge is -2.34. The minimum atomic E-state index is -0.250. The van der Waals surface area contributed by atoms with Gasteiger partial charge in [-0.1, -0.05) is 51.5 Å². The quantitative estimate of drug-likeness (QED) is 0.287. The number of nitrogens with zero attached hydrogens (tertiary/aromatic N) is 2. The number of aryl methyl sites for hydroxylation is 1. The summed E-state index contributed by atoms with van der Waals surface area (Å²) in [5.74, 6) is 0.111. The van der Waals surface area contributed by atoms with E-state index in [1.807, 2.05) is 13.0 Å². The van der Waals surface area contributed by atoms with Crippen LogP contribution < -0.4 is 11.5 Å². The molecule has 0 saturated carbocycles. The number of Topliss-reactive ketones (excluding diaryl/α,β-unsaturated/α-hetero) is 1. The zero-order valence-electron chi connectivity index (χ0n) is 25.2. The molecule has 3 unspecified atom stereocenters. The van der Waals surface area contributed by atoms with E-state index in [0.29, 0.717) is 35.6 Å². The van der Waals surface area contributed by atoms with Gasteiger partial charge in [0.1, 0.15) is 11.5 Å². The number of rotatable bonds is 8. The molecule has 0 radical (unpaired) electrons. The van der Waals surface area contributed by atoms with Gasteiger partial charge < -0.3 is 16.9 Å². The smallest absolute Gasteiger partial charge is 0.159 e. The molecule has 5 N–H and O–H groups in total. The third kappa shape index (κ3) is 5.63. The summed E-state index contributed by atoms with van der Waals surface area (Å²) >= 11 is 0. The number of halogens is 1. The van der Waals surface area contributed by atoms with Gasteiger partial charge in [-0.25, -0.2) is 14.4 Å². The molecule has 1 aromatic heterocycles. The van der Waals surface area contributed by atoms with Crippen LogP contribution in [0, 0.1) is 35.4 Å². The first-order valence-electron chi connectivity index (χ1n) is 15.4. The lowest BCUT2D eigenvalue weighted by Crippen LogP contribution is -2.31. The molecule has 0 bridgehead atoms. The fourth-order valence-corrected chi connectivity index (χ4v) is 7.42. The number of carbonyl (C=O) groups excluding carboxylic acids is 1. The number of nitrogen functional groups attached to an aromatic ring is 1. The fourth-order valence-electron chi connectivity index (χ4n) is 7.42. The van der Waals surface area contributed by atoms with Crippen LogP contribution in [0.25, 0.3) is 5.57 Å². The summed E-state index contributed by atoms with van der Waals surface area (Å²) in [6.07, 6.45) is 12.3. The number of nitrogens with one attached hydrogen (secondary N) is 1. The monoisotopic (exact) mass is 569 g/mol. The molecule has 42 heavy (non-hydrogen) atoms. The van der Waals surface area contributed by atoms with Crippen molar-refractivity contribution in [1.29, 1.82) is 5.41 Å². The SMILES string of the molecule is C=C(CCC1(CCC)Cc2ccc(F)cc2[C@H]1N)c1nc(N)c(C(=N)C2CCCCC3=C2C=CC(C)CC3=O)nc1C. The normalized spacial score (nSPS) is 25.5. The fraction of sp³-hybridized carbons (Fsp3) is 0.486. The minimum Gasteiger partial charge on any atom is -0.382 e. The Morgan fingerprint density at radius 2 is 2.00 bits per heavy atom. The molecule has 5 rings (SSSR count). The summed E-state index contributed by atoms with van der Waals surface area (Å²) in [4.78, 5) is 22.6. The summed E-state index contributed by atoms with van der Waals surface area (Å²) in [6, 6.07) is 4.74. The molecule has 222 valence electrons. The van der Waals surface area contributed by atoms with Gasteiger partial charge in [-0.05, 0) is 103 Å². The molecule has 0 spiro atoms. The molecule has 2 aromatic rings. The van der Waals surface area contributed by atoms with Gasteiger partial charge in [-0.15, -0.1) is 0 Å². The van der Waals surface area contributed by atoms with Crippen molar-refractivity contribution >= 4 is 22.9 Å². The van der Waals surface area contributed by atoms with Crippen molar-refractivity contribution in [3.63, 3.8) is 0 Å². The first-order chi connectivity index (χ1) is 20.0. The summed E-state index contributed by atoms with van der Waals surface area (Å²) in [7, 11) is 0. The van der Waals surface area contributed by atoms with E-state index >= 15 is 0 Å². The van der Waals surface area contributed by atoms with E-state index in [1.54, 1.807) is 6.07 Å². The Morgan fingerprint density at radius 1 is 1.21 bits per heavy atom. The molecule has 0 fully saturated rings. The Labute approximate surface area is 249 Å². The Bertz CT molecular complexity index is 1490. The van der Waals surface area contributed by atoms with Crippen LogP contribution in [0.5, 0.6) is 0 Å². The third-order valence-corrected chi connectivity index (χ3v) is 9.70. The van der Waals surface area contributed by atoms with E-state index in [-0.39, 0.29) is 40.7 Å². The van der Waals surface area contributed by atoms with Gasteiger partial charge in [0.05, 0.1) is 17.1 Å². The summed E-state index contributed by atoms with van der Waals surface area (Å²) in [5, 5.41) is 9.19. The van der Waals surface area contributed by atoms with Crippen LogP contribution in [-0.4, -0.2) is 21.5 Å². The number of benzene rings is 1. The number of aromatic nitrogens is 2. The van der Waals surface area contributed by atoms with Crippen LogP contribution in [0.15, 0.2) is 48.1 Å². The number of hydrogen-bond donors (Lipinski definition) is 3. The molecule has 7 heteroatoms. The first-order valence-corrected chi connectivity index (χ1v) is 15.4. The molecule has 6 nitrogen and oxygen atoms in total. The Kier molecular flexibility index (Phi) is 8.61. The van der Waals surface area contributed by atoms with Crippen LogP contribution in [0.4, 0.5) is 10.2 Å². The number of allylic oxidation sites excluding steroid dienone is 5. The van der Waals surface area contributed by atoms with Crippen molar-refractivity contribution in [1.82, 2.24) is 9.97 Å². The predicted molar refractivity (Wildman–Crippen MR) is 168 cm³/mol. The highest BCUT2D eigenvalue weighted by Crippen LogP contribution is 2.51. The van der Waals surface area contributed by atoms with Crippen LogP contribution in [0.3, 0.4) is 0 Å². The molecule has 1 aromatic carbocycles. The summed E-state index contributed by atoms with van der Waals surface area (Å²) in [5.41, 5.74) is 19.8. The average Bonchev–Trinajstić information content (AvgIpc) is 3.08. The molecule has 0 amide bonds. The Morgan fingerprint density at radius 3 is 2.76 bits per heavy atom. The topological polar surface area (TPSA) is 119 Å². The summed E-state index contributed by atoms with van der Waals surface area (Å²) in [6.45, 7) is 10.5. The minimum absolute atomic E-state index is 0.172. The van der Waals surface area contributed by atoms with Gasteiger partial charge in [0.15, 0.2) is 11.6 Å². The van der Waals surface area contributed by atoms with E-state index in [1.165, 1.54) is 6.07 Å². The Balaban J connectivity index is 1.37. The van der Waals surface area contributed by atoms with E-state index in [0.717, 1.165) is 79.2 Å². The van der Waals surface area contributed by atoms with Crippen LogP contribution >= 0.6 is 0 Å². The predicted octanol–water partition coefficient (Wildman–Crippen LogP) is 7.36. The molecular weight excluding hydrogens is 525 g/mol. The number of ketones is 1. The standard InChI is InChI=1S/C35H44FN5O/c1-5-15-35(19-23-11-12-24(36)18-28(23)33(35)38)16-14-21(3)31-22(4)40-32(34(39)41-31)30(37)27-9-7-6-8-26-25(27)13-10-20(2)17-29(26)42/h10-13,18,20,27,33,37H,3,5-9,14-17,19,38H2,1-2,4H3,(H2,39,41)/t20?,27?,33-,35?/m1/s1. The van der Waals surface area contributed by atoms with Crippen molar-refractivity contribution < 1.29 is 9.18 Å². The van der Waals surface area contributed by atoms with E-state index in [2.05, 4.69) is 32.6 Å². The second kappa shape index (κ2) is 12.0. The molecule has 1 heterocycles. The van der Waals surface area contributed by atoms with E-state index in [4.69, 9.17) is 21.4 Å². The maximum Gasteiger partial charge on any atom is 0.159 e. The van der Waals surface area contributed by atoms with Gasteiger partial charge in [-0.3, -0.25) is 4.79 Å². The molecule has 3 aliphatic carbocycles. The third-order valence-electron chi connectivity index (χ3n) is 9.70. The molecule has 3 aliphatic rings. The highest BCUT2D eigenvalue weighted by molar-refractivity contribution is 6.06. The number of fused-ring (bicyclic) bond motifs is 1. The van der Waals surface area contributed by atoms with E-state index in [9.17, 15) is 14.6 Å². The largest absolute Gasteiger partial charge is 0.382 e. The van der Waals surface area contributed by atoms with E-state index < -0.39 is 0 Å². The number of carbonyl (C=O) groups is 1. The highest BCUT2D eigenvalue weighted by atomic mass is 19.1. The van der Waals surface area contributed by atoms with Gasteiger partial charge in [0.2, 0.25) is 0 Å². The van der Waals surface area contributed by atoms with Crippen molar-refractivity contribution in [3.05, 3.63) is 82.1 Å². The van der Waals surface area contributed by atoms with Gasteiger partial charge in [-0.2, -0.15) is 0 Å². The zero-order chi connectivity index (χ0) is 30.2. The lowest BCUT2D eigenvalue weighted by molar-refractivity contribution is -0.116. The van der Waals surface area contributed by atoms with Gasteiger partial charge >= 0.3 is 0 Å². The maximum atomic E-state index is 14.0. The maximum absolute atomic E-state index is 14.0. The Hall–Kier alpha value is -3.45. The average molecular weight is 570 g/mol. The lowest BCUT2D eigenvalue weighted by atomic mass is 9.73.